The van der Waals surface area contributed by atoms with Crippen molar-refractivity contribution in [1.29, 1.82) is 0 Å². The Balaban J connectivity index is 1.44. The molecule has 0 atom stereocenters. The third kappa shape index (κ3) is 3.96. The molecule has 4 aromatic rings. The average molecular weight is 377 g/mol. The lowest BCUT2D eigenvalue weighted by Crippen LogP contribution is -2.02. The minimum atomic E-state index is -0.324. The van der Waals surface area contributed by atoms with Crippen LogP contribution in [0.25, 0.3) is 23.0 Å². The Hall–Kier alpha value is -3.81. The molecule has 0 aliphatic heterocycles. The number of aromatic nitrogens is 4. The van der Waals surface area contributed by atoms with Crippen molar-refractivity contribution in [2.24, 2.45) is 0 Å². The molecule has 7 nitrogen and oxygen atoms in total. The molecule has 0 amide bonds. The second-order valence-electron chi connectivity index (χ2n) is 5.94. The predicted octanol–water partition coefficient (Wildman–Crippen LogP) is 3.95. The predicted molar refractivity (Wildman–Crippen MR) is 101 cm³/mol. The Kier molecular flexibility index (Phi) is 4.92. The van der Waals surface area contributed by atoms with Crippen molar-refractivity contribution in [1.82, 2.24) is 20.3 Å². The molecule has 2 heterocycles. The van der Waals surface area contributed by atoms with Crippen molar-refractivity contribution in [2.75, 3.05) is 12.4 Å². The van der Waals surface area contributed by atoms with Crippen LogP contribution in [0.5, 0.6) is 5.75 Å². The number of benzene rings is 2. The smallest absolute Gasteiger partial charge is 0.278 e. The summed E-state index contributed by atoms with van der Waals surface area (Å²) in [5.74, 6) is 1.69. The van der Waals surface area contributed by atoms with E-state index in [0.29, 0.717) is 29.4 Å². The highest BCUT2D eigenvalue weighted by Gasteiger charge is 2.12. The van der Waals surface area contributed by atoms with E-state index in [4.69, 9.17) is 9.26 Å². The third-order valence-corrected chi connectivity index (χ3v) is 4.02. The van der Waals surface area contributed by atoms with Crippen LogP contribution in [-0.2, 0) is 6.54 Å². The Bertz CT molecular complexity index is 1060. The van der Waals surface area contributed by atoms with Crippen LogP contribution in [0.3, 0.4) is 0 Å². The van der Waals surface area contributed by atoms with Gasteiger partial charge in [0.15, 0.2) is 5.69 Å². The zero-order valence-corrected chi connectivity index (χ0v) is 15.0. The van der Waals surface area contributed by atoms with Gasteiger partial charge in [-0.1, -0.05) is 17.3 Å². The standard InChI is InChI=1S/C20H16FN5O2/c1-27-16-4-2-3-13(11-16)12-22-18-10-9-17(24-25-18)20-23-19(26-28-20)14-5-7-15(21)8-6-14/h2-11H,12H2,1H3,(H,22,25). The van der Waals surface area contributed by atoms with E-state index < -0.39 is 0 Å². The molecule has 8 heteroatoms. The van der Waals surface area contributed by atoms with Crippen LogP contribution in [0.2, 0.25) is 0 Å². The van der Waals surface area contributed by atoms with Crippen LogP contribution in [0.1, 0.15) is 5.56 Å². The van der Waals surface area contributed by atoms with Gasteiger partial charge in [-0.25, -0.2) is 4.39 Å². The van der Waals surface area contributed by atoms with Crippen molar-refractivity contribution >= 4 is 5.82 Å². The summed E-state index contributed by atoms with van der Waals surface area (Å²) in [6.07, 6.45) is 0. The first-order valence-electron chi connectivity index (χ1n) is 8.52. The van der Waals surface area contributed by atoms with Crippen LogP contribution in [0, 0.1) is 5.82 Å². The van der Waals surface area contributed by atoms with Gasteiger partial charge in [0.2, 0.25) is 5.82 Å². The first-order valence-corrected chi connectivity index (χ1v) is 8.52. The van der Waals surface area contributed by atoms with Crippen LogP contribution >= 0.6 is 0 Å². The van der Waals surface area contributed by atoms with Gasteiger partial charge in [0.1, 0.15) is 17.4 Å². The number of halogens is 1. The lowest BCUT2D eigenvalue weighted by molar-refractivity contribution is 0.414. The lowest BCUT2D eigenvalue weighted by Gasteiger charge is -2.06. The van der Waals surface area contributed by atoms with Crippen molar-refractivity contribution in [3.8, 4) is 28.7 Å². The molecule has 0 saturated carbocycles. The molecule has 0 aliphatic rings. The number of nitrogens with one attached hydrogen (secondary N) is 1. The van der Waals surface area contributed by atoms with Gasteiger partial charge in [-0.3, -0.25) is 0 Å². The Morgan fingerprint density at radius 3 is 2.64 bits per heavy atom. The first-order chi connectivity index (χ1) is 13.7. The van der Waals surface area contributed by atoms with E-state index in [1.165, 1.54) is 12.1 Å². The molecule has 2 aromatic heterocycles. The van der Waals surface area contributed by atoms with Gasteiger partial charge >= 0.3 is 0 Å². The molecule has 0 bridgehead atoms. The zero-order chi connectivity index (χ0) is 19.3. The SMILES string of the molecule is COc1cccc(CNc2ccc(-c3nc(-c4ccc(F)cc4)no3)nn2)c1. The second-order valence-corrected chi connectivity index (χ2v) is 5.94. The summed E-state index contributed by atoms with van der Waals surface area (Å²) >= 11 is 0. The summed E-state index contributed by atoms with van der Waals surface area (Å²) in [5.41, 5.74) is 2.17. The second kappa shape index (κ2) is 7.83. The maximum Gasteiger partial charge on any atom is 0.278 e. The Morgan fingerprint density at radius 1 is 1.04 bits per heavy atom. The minimum Gasteiger partial charge on any atom is -0.497 e. The van der Waals surface area contributed by atoms with Gasteiger partial charge in [-0.05, 0) is 54.1 Å². The molecule has 1 N–H and O–H groups in total. The molecule has 140 valence electrons. The van der Waals surface area contributed by atoms with Gasteiger partial charge in [0.05, 0.1) is 7.11 Å². The maximum atomic E-state index is 13.0. The molecule has 28 heavy (non-hydrogen) atoms. The molecule has 0 fully saturated rings. The monoisotopic (exact) mass is 377 g/mol. The van der Waals surface area contributed by atoms with E-state index in [1.807, 2.05) is 24.3 Å². The van der Waals surface area contributed by atoms with Gasteiger partial charge in [0, 0.05) is 12.1 Å². The van der Waals surface area contributed by atoms with Crippen molar-refractivity contribution in [3.63, 3.8) is 0 Å². The Labute approximate surface area is 160 Å². The number of rotatable bonds is 6. The van der Waals surface area contributed by atoms with Crippen LogP contribution in [0.4, 0.5) is 10.2 Å². The molecule has 0 saturated heterocycles. The molecule has 2 aromatic carbocycles. The van der Waals surface area contributed by atoms with E-state index in [9.17, 15) is 4.39 Å². The van der Waals surface area contributed by atoms with Crippen LogP contribution in [-0.4, -0.2) is 27.4 Å². The highest BCUT2D eigenvalue weighted by Crippen LogP contribution is 2.21. The fourth-order valence-electron chi connectivity index (χ4n) is 2.56. The van der Waals surface area contributed by atoms with E-state index >= 15 is 0 Å². The fraction of sp³-hybridized carbons (Fsp3) is 0.100. The van der Waals surface area contributed by atoms with Crippen molar-refractivity contribution in [3.05, 3.63) is 72.0 Å². The minimum absolute atomic E-state index is 0.242. The topological polar surface area (TPSA) is 86.0 Å². The number of nitrogens with zero attached hydrogens (tertiary/aromatic N) is 4. The van der Waals surface area contributed by atoms with Crippen LogP contribution < -0.4 is 10.1 Å². The highest BCUT2D eigenvalue weighted by atomic mass is 19.1. The summed E-state index contributed by atoms with van der Waals surface area (Å²) in [6.45, 7) is 0.584. The van der Waals surface area contributed by atoms with E-state index in [2.05, 4.69) is 25.7 Å². The van der Waals surface area contributed by atoms with E-state index in [0.717, 1.165) is 11.3 Å². The van der Waals surface area contributed by atoms with Crippen LogP contribution in [0.15, 0.2) is 65.2 Å². The van der Waals surface area contributed by atoms with Crippen molar-refractivity contribution in [2.45, 2.75) is 6.54 Å². The quantitative estimate of drug-likeness (QED) is 0.544. The zero-order valence-electron chi connectivity index (χ0n) is 15.0. The molecule has 0 aliphatic carbocycles. The number of hydrogen-bond acceptors (Lipinski definition) is 7. The normalized spacial score (nSPS) is 10.6. The summed E-state index contributed by atoms with van der Waals surface area (Å²) < 4.78 is 23.5. The Morgan fingerprint density at radius 2 is 1.89 bits per heavy atom. The molecular formula is C20H16FN5O2. The summed E-state index contributed by atoms with van der Waals surface area (Å²) in [6, 6.07) is 17.1. The van der Waals surface area contributed by atoms with Gasteiger partial charge in [0.25, 0.3) is 5.89 Å². The highest BCUT2D eigenvalue weighted by molar-refractivity contribution is 5.58. The summed E-state index contributed by atoms with van der Waals surface area (Å²) in [7, 11) is 1.63. The van der Waals surface area contributed by atoms with Gasteiger partial charge in [-0.2, -0.15) is 4.98 Å². The molecule has 4 rings (SSSR count). The largest absolute Gasteiger partial charge is 0.497 e. The fourth-order valence-corrected chi connectivity index (χ4v) is 2.56. The molecule has 0 radical (unpaired) electrons. The summed E-state index contributed by atoms with van der Waals surface area (Å²) in [4.78, 5) is 4.29. The van der Waals surface area contributed by atoms with E-state index in [1.54, 1.807) is 31.4 Å². The molecular weight excluding hydrogens is 361 g/mol. The maximum absolute atomic E-state index is 13.0. The number of hydrogen-bond donors (Lipinski definition) is 1. The number of anilines is 1. The summed E-state index contributed by atoms with van der Waals surface area (Å²) in [5, 5.41) is 15.4. The van der Waals surface area contributed by atoms with Gasteiger partial charge < -0.3 is 14.6 Å². The molecule has 0 spiro atoms. The average Bonchev–Trinajstić information content (AvgIpc) is 3.23. The first kappa shape index (κ1) is 17.6. The molecule has 0 unspecified atom stereocenters. The van der Waals surface area contributed by atoms with E-state index in [-0.39, 0.29) is 11.7 Å². The van der Waals surface area contributed by atoms with Crippen molar-refractivity contribution < 1.29 is 13.7 Å². The number of methoxy groups -OCH3 is 1. The lowest BCUT2D eigenvalue weighted by atomic mass is 10.2. The number of ether oxygens (including phenoxy) is 1. The van der Waals surface area contributed by atoms with Gasteiger partial charge in [-0.15, -0.1) is 10.2 Å². The third-order valence-electron chi connectivity index (χ3n) is 4.02.